The number of aromatic nitrogens is 1. The van der Waals surface area contributed by atoms with Gasteiger partial charge in [-0.15, -0.1) is 34.4 Å². The van der Waals surface area contributed by atoms with E-state index in [0.29, 0.717) is 11.0 Å². The zero-order valence-electron chi connectivity index (χ0n) is 20.1. The number of fused-ring (bicyclic) bond motifs is 2. The number of nitrogens with two attached hydrogens (primary N) is 1. The Kier molecular flexibility index (Phi) is 8.20. The molecule has 2 aliphatic rings. The fourth-order valence-electron chi connectivity index (χ4n) is 3.99. The van der Waals surface area contributed by atoms with Gasteiger partial charge in [-0.3, -0.25) is 19.3 Å². The minimum atomic E-state index is -1.29. The quantitative estimate of drug-likeness (QED) is 0.140. The number of oxime groups is 1. The van der Waals surface area contributed by atoms with Crippen molar-refractivity contribution in [3.63, 3.8) is 0 Å². The molecule has 40 heavy (non-hydrogen) atoms. The minimum absolute atomic E-state index is 0.0425. The summed E-state index contributed by atoms with van der Waals surface area (Å²) in [5.41, 5.74) is 5.39. The molecule has 2 aromatic heterocycles. The Balaban J connectivity index is 1.32. The summed E-state index contributed by atoms with van der Waals surface area (Å²) in [7, 11) is 0. The van der Waals surface area contributed by atoms with Crippen LogP contribution in [0.1, 0.15) is 5.69 Å². The van der Waals surface area contributed by atoms with Gasteiger partial charge in [-0.05, 0) is 29.2 Å². The molecule has 2 atom stereocenters. The Bertz CT molecular complexity index is 1670. The van der Waals surface area contributed by atoms with Gasteiger partial charge in [-0.25, -0.2) is 14.2 Å². The molecule has 1 saturated heterocycles. The molecule has 16 heteroatoms. The van der Waals surface area contributed by atoms with Gasteiger partial charge in [0.25, 0.3) is 18.7 Å². The molecule has 0 saturated carbocycles. The fraction of sp³-hybridized carbons (Fsp3) is 0.167. The lowest BCUT2D eigenvalue weighted by Crippen LogP contribution is -2.71. The van der Waals surface area contributed by atoms with Crippen LogP contribution in [-0.4, -0.2) is 62.5 Å². The van der Waals surface area contributed by atoms with Crippen molar-refractivity contribution in [2.24, 2.45) is 5.16 Å². The third kappa shape index (κ3) is 5.47. The topological polar surface area (TPSA) is 164 Å². The molecule has 11 nitrogen and oxygen atoms in total. The van der Waals surface area contributed by atoms with Crippen LogP contribution in [0.4, 0.5) is 9.52 Å². The summed E-state index contributed by atoms with van der Waals surface area (Å²) < 4.78 is 14.1. The first-order chi connectivity index (χ1) is 19.3. The Hall–Kier alpha value is -3.73. The number of alkyl halides is 1. The van der Waals surface area contributed by atoms with Gasteiger partial charge in [0.05, 0.1) is 4.21 Å². The Morgan fingerprint density at radius 3 is 2.88 bits per heavy atom. The van der Waals surface area contributed by atoms with Gasteiger partial charge in [0.2, 0.25) is 0 Å². The second-order valence-corrected chi connectivity index (χ2v) is 12.4. The summed E-state index contributed by atoms with van der Waals surface area (Å²) in [6.45, 7) is -1.29. The largest absolute Gasteiger partial charge is 0.477 e. The average molecular weight is 620 g/mol. The summed E-state index contributed by atoms with van der Waals surface area (Å²) in [6, 6.07) is 7.75. The van der Waals surface area contributed by atoms with Gasteiger partial charge in [0.15, 0.2) is 16.3 Å². The Labute approximate surface area is 241 Å². The number of thioether (sulfide) groups is 2. The molecule has 0 spiro atoms. The van der Waals surface area contributed by atoms with Crippen LogP contribution in [0.3, 0.4) is 0 Å². The minimum Gasteiger partial charge on any atom is -0.477 e. The van der Waals surface area contributed by atoms with E-state index in [0.717, 1.165) is 25.1 Å². The van der Waals surface area contributed by atoms with Crippen molar-refractivity contribution in [2.45, 2.75) is 15.6 Å². The van der Waals surface area contributed by atoms with Crippen molar-refractivity contribution in [3.05, 3.63) is 74.4 Å². The van der Waals surface area contributed by atoms with E-state index in [9.17, 15) is 28.7 Å². The molecule has 0 bridgehead atoms. The van der Waals surface area contributed by atoms with Gasteiger partial charge >= 0.3 is 5.97 Å². The number of rotatable bonds is 9. The van der Waals surface area contributed by atoms with E-state index in [-0.39, 0.29) is 33.4 Å². The number of carbonyl (C=O) groups excluding carboxylic acids is 2. The molecule has 1 fully saturated rings. The molecule has 5 rings (SSSR count). The van der Waals surface area contributed by atoms with Crippen LogP contribution in [0.2, 0.25) is 0 Å². The highest BCUT2D eigenvalue weighted by Crippen LogP contribution is 2.41. The van der Waals surface area contributed by atoms with Crippen LogP contribution < -0.4 is 16.5 Å². The zero-order chi connectivity index (χ0) is 28.4. The molecule has 206 valence electrons. The van der Waals surface area contributed by atoms with Crippen molar-refractivity contribution < 1.29 is 28.7 Å². The first kappa shape index (κ1) is 27.8. The molecule has 3 aromatic rings. The Morgan fingerprint density at radius 1 is 1.35 bits per heavy atom. The summed E-state index contributed by atoms with van der Waals surface area (Å²) in [5.74, 6) is -2.52. The van der Waals surface area contributed by atoms with Crippen molar-refractivity contribution in [3.8, 4) is 0 Å². The number of amides is 2. The van der Waals surface area contributed by atoms with E-state index in [1.54, 1.807) is 23.6 Å². The highest BCUT2D eigenvalue weighted by atomic mass is 32.2. The van der Waals surface area contributed by atoms with Crippen LogP contribution in [0.15, 0.2) is 72.6 Å². The van der Waals surface area contributed by atoms with E-state index in [2.05, 4.69) is 20.3 Å². The Morgan fingerprint density at radius 2 is 2.15 bits per heavy atom. The number of hydrogen-bond acceptors (Lipinski definition) is 12. The number of carbonyl (C=O) groups is 3. The van der Waals surface area contributed by atoms with Gasteiger partial charge in [0, 0.05) is 27.3 Å². The molecule has 0 radical (unpaired) electrons. The fourth-order valence-corrected chi connectivity index (χ4v) is 7.84. The lowest BCUT2D eigenvalue weighted by Gasteiger charge is -2.49. The van der Waals surface area contributed by atoms with Crippen molar-refractivity contribution in [1.29, 1.82) is 0 Å². The number of carboxylic acid groups (broad SMARTS) is 1. The summed E-state index contributed by atoms with van der Waals surface area (Å²) >= 11 is 5.02. The maximum atomic E-state index is 13.0. The number of thiazole rings is 1. The summed E-state index contributed by atoms with van der Waals surface area (Å²) in [6.07, 6.45) is 1.61. The molecule has 1 aromatic carbocycles. The predicted octanol–water partition coefficient (Wildman–Crippen LogP) is 2.99. The smallest absolute Gasteiger partial charge is 0.352 e. The zero-order valence-corrected chi connectivity index (χ0v) is 23.4. The van der Waals surface area contributed by atoms with Crippen LogP contribution >= 0.6 is 46.2 Å². The summed E-state index contributed by atoms with van der Waals surface area (Å²) in [4.78, 5) is 59.8. The van der Waals surface area contributed by atoms with E-state index >= 15 is 0 Å². The number of allylic oxidation sites excluding steroid dienone is 1. The van der Waals surface area contributed by atoms with Gasteiger partial charge < -0.3 is 21.0 Å². The number of carboxylic acids is 1. The predicted molar refractivity (Wildman–Crippen MR) is 153 cm³/mol. The number of halogens is 1. The molecule has 2 amide bonds. The third-order valence-electron chi connectivity index (χ3n) is 5.74. The molecule has 4 heterocycles. The number of anilines is 1. The first-order valence-corrected chi connectivity index (χ1v) is 15.0. The van der Waals surface area contributed by atoms with E-state index in [1.165, 1.54) is 46.3 Å². The van der Waals surface area contributed by atoms with Crippen molar-refractivity contribution in [1.82, 2.24) is 15.2 Å². The first-order valence-electron chi connectivity index (χ1n) is 11.3. The molecule has 2 unspecified atom stereocenters. The number of hydrogen-bond donors (Lipinski definition) is 3. The van der Waals surface area contributed by atoms with Crippen LogP contribution in [0.25, 0.3) is 10.1 Å². The van der Waals surface area contributed by atoms with Crippen molar-refractivity contribution in [2.75, 3.05) is 18.3 Å². The maximum Gasteiger partial charge on any atom is 0.352 e. The number of nitrogens with zero attached hydrogens (tertiary/aromatic N) is 3. The molecule has 0 aliphatic carbocycles. The van der Waals surface area contributed by atoms with Gasteiger partial charge in [-0.1, -0.05) is 29.1 Å². The van der Waals surface area contributed by atoms with Gasteiger partial charge in [-0.2, -0.15) is 0 Å². The highest BCUT2D eigenvalue weighted by Gasteiger charge is 2.54. The maximum absolute atomic E-state index is 13.0. The SMILES string of the molecule is Nc1nc(/C(=N/OCF)C(=O)NC2C(=O)N3C(C(=O)O)=C(/C=C/Sc4cc(=O)c5ccccc5s4)CSC23)cs1. The van der Waals surface area contributed by atoms with Crippen LogP contribution in [-0.2, 0) is 19.2 Å². The molecular formula is C24H18FN5O6S4. The molecular weight excluding hydrogens is 602 g/mol. The van der Waals surface area contributed by atoms with Crippen LogP contribution in [0.5, 0.6) is 0 Å². The van der Waals surface area contributed by atoms with E-state index in [4.69, 9.17) is 5.73 Å². The number of aliphatic carboxylic acids is 1. The number of benzene rings is 1. The number of nitrogens with one attached hydrogen (secondary N) is 1. The monoisotopic (exact) mass is 619 g/mol. The number of β-lactam (4-membered cyclic amide) rings is 1. The van der Waals surface area contributed by atoms with E-state index in [1.807, 2.05) is 12.1 Å². The van der Waals surface area contributed by atoms with E-state index < -0.39 is 36.1 Å². The second kappa shape index (κ2) is 11.8. The lowest BCUT2D eigenvalue weighted by atomic mass is 10.0. The third-order valence-corrected chi connectivity index (χ3v) is 9.77. The summed E-state index contributed by atoms with van der Waals surface area (Å²) in [5, 5.41) is 19.1. The molecule has 4 N–H and O–H groups in total. The highest BCUT2D eigenvalue weighted by molar-refractivity contribution is 8.04. The standard InChI is InChI=1S/C24H18FN5O6S4/c25-10-36-29-17(13-9-39-24(26)27-13)20(32)28-18-21(33)30-19(23(34)35)11(8-38-22(18)30)5-6-37-16-7-14(31)12-3-1-2-4-15(12)40-16/h1-7,9,18,22H,8,10H2,(H2,26,27)(H,28,32)(H,34,35)/b6-5+,29-17-. The average Bonchev–Trinajstić information content (AvgIpc) is 3.37. The second-order valence-electron chi connectivity index (χ2n) is 8.14. The van der Waals surface area contributed by atoms with Gasteiger partial charge in [0.1, 0.15) is 22.8 Å². The van der Waals surface area contributed by atoms with Crippen LogP contribution in [0, 0.1) is 0 Å². The molecule has 2 aliphatic heterocycles. The normalized spacial score (nSPS) is 19.1. The van der Waals surface area contributed by atoms with Crippen molar-refractivity contribution >= 4 is 84.9 Å². The lowest BCUT2D eigenvalue weighted by molar-refractivity contribution is -0.150. The number of nitrogen functional groups attached to an aromatic ring is 1.